The van der Waals surface area contributed by atoms with Crippen molar-refractivity contribution in [2.45, 2.75) is 43.0 Å². The highest BCUT2D eigenvalue weighted by atomic mass is 127. The molecule has 1 aliphatic rings. The molecular formula is C20H31F3IN3OS. The number of nitrogens with one attached hydrogen (secondary N) is 2. The maximum absolute atomic E-state index is 13.2. The molecule has 29 heavy (non-hydrogen) atoms. The molecule has 2 rings (SSSR count). The largest absolute Gasteiger partial charge is 0.416 e. The zero-order valence-corrected chi connectivity index (χ0v) is 20.5. The molecule has 166 valence electrons. The standard InChI is InChI=1S/C20H30F3N3OS.HI/c1-18(2,28-4)13-25-17(24-3)26-14-19(8-10-27-11-9-19)15-6-5-7-16(12-15)20(21,22)23;/h5-7,12H,8-11,13-14H2,1-4H3,(H2,24,25,26);1H. The summed E-state index contributed by atoms with van der Waals surface area (Å²) in [6.07, 6.45) is -0.970. The Bertz CT molecular complexity index is 677. The lowest BCUT2D eigenvalue weighted by Crippen LogP contribution is -2.49. The van der Waals surface area contributed by atoms with E-state index in [1.54, 1.807) is 24.9 Å². The van der Waals surface area contributed by atoms with E-state index in [1.165, 1.54) is 12.1 Å². The first-order valence-corrected chi connectivity index (χ1v) is 10.6. The molecule has 0 aromatic heterocycles. The van der Waals surface area contributed by atoms with E-state index in [4.69, 9.17) is 4.74 Å². The average Bonchev–Trinajstić information content (AvgIpc) is 2.68. The van der Waals surface area contributed by atoms with Crippen molar-refractivity contribution in [2.24, 2.45) is 4.99 Å². The molecule has 2 N–H and O–H groups in total. The molecule has 0 unspecified atom stereocenters. The third-order valence-corrected chi connectivity index (χ3v) is 6.55. The van der Waals surface area contributed by atoms with Crippen LogP contribution >= 0.6 is 35.7 Å². The fourth-order valence-corrected chi connectivity index (χ4v) is 3.41. The predicted molar refractivity (Wildman–Crippen MR) is 126 cm³/mol. The molecule has 1 fully saturated rings. The Balaban J connectivity index is 0.00000420. The maximum Gasteiger partial charge on any atom is 0.416 e. The normalized spacial score (nSPS) is 17.4. The van der Waals surface area contributed by atoms with Gasteiger partial charge in [0.15, 0.2) is 5.96 Å². The number of benzene rings is 1. The van der Waals surface area contributed by atoms with Gasteiger partial charge in [0.2, 0.25) is 0 Å². The van der Waals surface area contributed by atoms with Gasteiger partial charge in [0.25, 0.3) is 0 Å². The zero-order valence-electron chi connectivity index (χ0n) is 17.4. The number of halogens is 4. The summed E-state index contributed by atoms with van der Waals surface area (Å²) in [5.74, 6) is 0.653. The summed E-state index contributed by atoms with van der Waals surface area (Å²) < 4.78 is 45.1. The Hall–Kier alpha value is -0.680. The van der Waals surface area contributed by atoms with Gasteiger partial charge in [-0.15, -0.1) is 24.0 Å². The number of alkyl halides is 3. The van der Waals surface area contributed by atoms with Crippen LogP contribution in [0.25, 0.3) is 0 Å². The van der Waals surface area contributed by atoms with Crippen LogP contribution in [-0.2, 0) is 16.3 Å². The van der Waals surface area contributed by atoms with Crippen LogP contribution in [0.15, 0.2) is 29.3 Å². The minimum Gasteiger partial charge on any atom is -0.381 e. The monoisotopic (exact) mass is 545 g/mol. The van der Waals surface area contributed by atoms with Gasteiger partial charge in [-0.1, -0.05) is 18.2 Å². The van der Waals surface area contributed by atoms with Gasteiger partial charge in [-0.3, -0.25) is 4.99 Å². The molecule has 1 aromatic rings. The van der Waals surface area contributed by atoms with Crippen molar-refractivity contribution in [3.63, 3.8) is 0 Å². The topological polar surface area (TPSA) is 45.7 Å². The molecule has 0 saturated carbocycles. The first-order chi connectivity index (χ1) is 13.1. The highest BCUT2D eigenvalue weighted by molar-refractivity contribution is 14.0. The van der Waals surface area contributed by atoms with Crippen LogP contribution in [-0.4, -0.2) is 50.3 Å². The minimum absolute atomic E-state index is 0. The van der Waals surface area contributed by atoms with E-state index >= 15 is 0 Å². The number of thioether (sulfide) groups is 1. The van der Waals surface area contributed by atoms with Crippen molar-refractivity contribution in [2.75, 3.05) is 39.6 Å². The van der Waals surface area contributed by atoms with E-state index < -0.39 is 17.2 Å². The number of rotatable bonds is 6. The molecule has 0 aliphatic carbocycles. The van der Waals surface area contributed by atoms with Crippen LogP contribution in [0.3, 0.4) is 0 Å². The number of ether oxygens (including phenoxy) is 1. The quantitative estimate of drug-likeness (QED) is 0.310. The number of hydrogen-bond donors (Lipinski definition) is 2. The van der Waals surface area contributed by atoms with Gasteiger partial charge in [0, 0.05) is 43.5 Å². The summed E-state index contributed by atoms with van der Waals surface area (Å²) in [5, 5.41) is 6.64. The smallest absolute Gasteiger partial charge is 0.381 e. The summed E-state index contributed by atoms with van der Waals surface area (Å²) in [7, 11) is 1.70. The van der Waals surface area contributed by atoms with Crippen molar-refractivity contribution in [1.82, 2.24) is 10.6 Å². The Labute approximate surface area is 192 Å². The van der Waals surface area contributed by atoms with Gasteiger partial charge < -0.3 is 15.4 Å². The van der Waals surface area contributed by atoms with E-state index in [2.05, 4.69) is 35.7 Å². The molecule has 0 spiro atoms. The fraction of sp³-hybridized carbons (Fsp3) is 0.650. The van der Waals surface area contributed by atoms with Crippen LogP contribution < -0.4 is 10.6 Å². The highest BCUT2D eigenvalue weighted by Gasteiger charge is 2.37. The third kappa shape index (κ3) is 7.50. The van der Waals surface area contributed by atoms with E-state index in [0.29, 0.717) is 44.1 Å². The van der Waals surface area contributed by atoms with Crippen molar-refractivity contribution < 1.29 is 17.9 Å². The van der Waals surface area contributed by atoms with E-state index in [-0.39, 0.29) is 28.7 Å². The molecule has 1 saturated heterocycles. The van der Waals surface area contributed by atoms with Gasteiger partial charge >= 0.3 is 6.18 Å². The van der Waals surface area contributed by atoms with Crippen LogP contribution in [0.4, 0.5) is 13.2 Å². The van der Waals surface area contributed by atoms with Crippen LogP contribution in [0, 0.1) is 0 Å². The lowest BCUT2D eigenvalue weighted by Gasteiger charge is -2.38. The molecule has 1 heterocycles. The number of guanidine groups is 1. The van der Waals surface area contributed by atoms with Crippen molar-refractivity contribution >= 4 is 41.7 Å². The summed E-state index contributed by atoms with van der Waals surface area (Å²) >= 11 is 1.76. The Kier molecular flexibility index (Phi) is 10.1. The molecule has 0 radical (unpaired) electrons. The molecule has 1 aromatic carbocycles. The van der Waals surface area contributed by atoms with Crippen LogP contribution in [0.2, 0.25) is 0 Å². The maximum atomic E-state index is 13.2. The van der Waals surface area contributed by atoms with E-state index in [1.807, 2.05) is 0 Å². The molecule has 0 amide bonds. The van der Waals surface area contributed by atoms with Gasteiger partial charge in [0.05, 0.1) is 5.56 Å². The molecular weight excluding hydrogens is 514 g/mol. The number of aliphatic imine (C=N–C) groups is 1. The Morgan fingerprint density at radius 2 is 1.86 bits per heavy atom. The fourth-order valence-electron chi connectivity index (χ4n) is 3.20. The van der Waals surface area contributed by atoms with Crippen LogP contribution in [0.1, 0.15) is 37.8 Å². The second-order valence-electron chi connectivity index (χ2n) is 7.71. The van der Waals surface area contributed by atoms with Crippen molar-refractivity contribution in [1.29, 1.82) is 0 Å². The van der Waals surface area contributed by atoms with Gasteiger partial charge in [-0.25, -0.2) is 0 Å². The number of nitrogens with zero attached hydrogens (tertiary/aromatic N) is 1. The van der Waals surface area contributed by atoms with Gasteiger partial charge in [0.1, 0.15) is 0 Å². The summed E-state index contributed by atoms with van der Waals surface area (Å²) in [6, 6.07) is 5.67. The average molecular weight is 545 g/mol. The second-order valence-corrected chi connectivity index (χ2v) is 9.23. The zero-order chi connectivity index (χ0) is 20.8. The Morgan fingerprint density at radius 1 is 1.21 bits per heavy atom. The van der Waals surface area contributed by atoms with Crippen molar-refractivity contribution in [3.05, 3.63) is 35.4 Å². The lowest BCUT2D eigenvalue weighted by molar-refractivity contribution is -0.137. The predicted octanol–water partition coefficient (Wildman–Crippen LogP) is 4.68. The van der Waals surface area contributed by atoms with E-state index in [9.17, 15) is 13.2 Å². The SMILES string of the molecule is CN=C(NCC(C)(C)SC)NCC1(c2cccc(C(F)(F)F)c2)CCOCC1.I. The lowest BCUT2D eigenvalue weighted by atomic mass is 9.73. The van der Waals surface area contributed by atoms with Gasteiger partial charge in [-0.2, -0.15) is 24.9 Å². The minimum atomic E-state index is -4.35. The summed E-state index contributed by atoms with van der Waals surface area (Å²) in [6.45, 7) is 6.57. The Morgan fingerprint density at radius 3 is 2.41 bits per heavy atom. The summed E-state index contributed by atoms with van der Waals surface area (Å²) in [5.41, 5.74) is -0.343. The summed E-state index contributed by atoms with van der Waals surface area (Å²) in [4.78, 5) is 4.27. The third-order valence-electron chi connectivity index (χ3n) is 5.30. The number of hydrogen-bond acceptors (Lipinski definition) is 3. The van der Waals surface area contributed by atoms with E-state index in [0.717, 1.165) is 12.6 Å². The molecule has 1 aliphatic heterocycles. The molecule has 9 heteroatoms. The highest BCUT2D eigenvalue weighted by Crippen LogP contribution is 2.37. The first-order valence-electron chi connectivity index (χ1n) is 9.37. The van der Waals surface area contributed by atoms with Gasteiger partial charge in [-0.05, 0) is 44.6 Å². The van der Waals surface area contributed by atoms with Crippen molar-refractivity contribution in [3.8, 4) is 0 Å². The first kappa shape index (κ1) is 26.4. The molecule has 0 bridgehead atoms. The second kappa shape index (κ2) is 11.1. The molecule has 4 nitrogen and oxygen atoms in total. The van der Waals surface area contributed by atoms with Crippen LogP contribution in [0.5, 0.6) is 0 Å². The molecule has 0 atom stereocenters.